The minimum Gasteiger partial charge on any atom is -0.340 e. The fourth-order valence-corrected chi connectivity index (χ4v) is 4.74. The van der Waals surface area contributed by atoms with Crippen LogP contribution in [-0.2, 0) is 16.1 Å². The van der Waals surface area contributed by atoms with Gasteiger partial charge in [-0.25, -0.2) is 0 Å². The van der Waals surface area contributed by atoms with Crippen molar-refractivity contribution in [3.8, 4) is 0 Å². The molecule has 2 aromatic rings. The molecule has 4 rings (SSSR count). The van der Waals surface area contributed by atoms with Crippen molar-refractivity contribution >= 4 is 33.4 Å². The van der Waals surface area contributed by atoms with Crippen LogP contribution in [-0.4, -0.2) is 70.7 Å². The number of aromatic nitrogens is 2. The van der Waals surface area contributed by atoms with Crippen molar-refractivity contribution in [1.82, 2.24) is 19.6 Å². The number of aryl methyl sites for hydroxylation is 2. The zero-order valence-corrected chi connectivity index (χ0v) is 19.1. The molecule has 2 saturated heterocycles. The van der Waals surface area contributed by atoms with Gasteiger partial charge in [-0.2, -0.15) is 5.10 Å². The minimum atomic E-state index is -0.252. The molecule has 0 N–H and O–H groups in total. The summed E-state index contributed by atoms with van der Waals surface area (Å²) in [6, 6.07) is 9.77. The van der Waals surface area contributed by atoms with Gasteiger partial charge >= 0.3 is 0 Å². The van der Waals surface area contributed by atoms with Gasteiger partial charge in [0, 0.05) is 61.5 Å². The third-order valence-electron chi connectivity index (χ3n) is 6.01. The molecule has 0 bridgehead atoms. The zero-order chi connectivity index (χ0) is 21.3. The van der Waals surface area contributed by atoms with Gasteiger partial charge in [0.2, 0.25) is 11.8 Å². The number of carbonyl (C=O) groups is 2. The lowest BCUT2D eigenvalue weighted by molar-refractivity contribution is -0.137. The second kappa shape index (κ2) is 8.89. The molecular formula is C22H28BrN5O2. The van der Waals surface area contributed by atoms with Crippen molar-refractivity contribution in [3.63, 3.8) is 0 Å². The van der Waals surface area contributed by atoms with Crippen molar-refractivity contribution in [2.75, 3.05) is 44.2 Å². The number of anilines is 1. The highest BCUT2D eigenvalue weighted by molar-refractivity contribution is 9.10. The van der Waals surface area contributed by atoms with E-state index in [1.807, 2.05) is 40.8 Å². The number of hydrogen-bond donors (Lipinski definition) is 0. The van der Waals surface area contributed by atoms with Crippen molar-refractivity contribution in [2.24, 2.45) is 5.92 Å². The maximum absolute atomic E-state index is 13.0. The van der Waals surface area contributed by atoms with Crippen LogP contribution in [0.1, 0.15) is 17.8 Å². The van der Waals surface area contributed by atoms with Gasteiger partial charge in [0.05, 0.1) is 18.2 Å². The highest BCUT2D eigenvalue weighted by Crippen LogP contribution is 2.28. The molecule has 2 amide bonds. The monoisotopic (exact) mass is 473 g/mol. The fourth-order valence-electron chi connectivity index (χ4n) is 4.35. The van der Waals surface area contributed by atoms with Gasteiger partial charge in [0.15, 0.2) is 0 Å². The molecule has 0 aliphatic carbocycles. The number of rotatable bonds is 5. The lowest BCUT2D eigenvalue weighted by Gasteiger charge is -2.35. The summed E-state index contributed by atoms with van der Waals surface area (Å²) in [5.74, 6) is -0.119. The van der Waals surface area contributed by atoms with Crippen LogP contribution >= 0.6 is 15.9 Å². The van der Waals surface area contributed by atoms with Crippen molar-refractivity contribution in [3.05, 3.63) is 46.2 Å². The smallest absolute Gasteiger partial charge is 0.228 e. The van der Waals surface area contributed by atoms with Crippen LogP contribution in [0.15, 0.2) is 34.8 Å². The van der Waals surface area contributed by atoms with E-state index in [0.29, 0.717) is 13.0 Å². The Balaban J connectivity index is 1.28. The fraction of sp³-hybridized carbons (Fsp3) is 0.500. The Hall–Kier alpha value is -2.19. The average molecular weight is 474 g/mol. The lowest BCUT2D eigenvalue weighted by atomic mass is 10.1. The Morgan fingerprint density at radius 3 is 2.57 bits per heavy atom. The number of carbonyl (C=O) groups excluding carboxylic acids is 2. The SMILES string of the molecule is Cc1cc(C)n(CCN2CCN(C(=O)C3CC(=O)N(c4cccc(Br)c4)C3)CC2)n1. The number of nitrogens with zero attached hydrogens (tertiary/aromatic N) is 5. The molecule has 1 aromatic carbocycles. The van der Waals surface area contributed by atoms with Crippen LogP contribution in [0.5, 0.6) is 0 Å². The summed E-state index contributed by atoms with van der Waals surface area (Å²) in [5, 5.41) is 4.52. The first kappa shape index (κ1) is 21.1. The van der Waals surface area contributed by atoms with Crippen LogP contribution in [0, 0.1) is 19.8 Å². The second-order valence-electron chi connectivity index (χ2n) is 8.20. The van der Waals surface area contributed by atoms with Crippen LogP contribution < -0.4 is 4.90 Å². The molecule has 2 aliphatic heterocycles. The van der Waals surface area contributed by atoms with Crippen LogP contribution in [0.3, 0.4) is 0 Å². The zero-order valence-electron chi connectivity index (χ0n) is 17.6. The van der Waals surface area contributed by atoms with Crippen molar-refractivity contribution in [2.45, 2.75) is 26.8 Å². The molecule has 0 radical (unpaired) electrons. The van der Waals surface area contributed by atoms with E-state index in [1.165, 1.54) is 5.69 Å². The first-order valence-electron chi connectivity index (χ1n) is 10.5. The molecular weight excluding hydrogens is 446 g/mol. The van der Waals surface area contributed by atoms with E-state index < -0.39 is 0 Å². The first-order chi connectivity index (χ1) is 14.4. The van der Waals surface area contributed by atoms with Gasteiger partial charge in [0.1, 0.15) is 0 Å². The minimum absolute atomic E-state index is 0.0231. The molecule has 0 spiro atoms. The van der Waals surface area contributed by atoms with E-state index in [4.69, 9.17) is 0 Å². The van der Waals surface area contributed by atoms with Gasteiger partial charge in [-0.15, -0.1) is 0 Å². The van der Waals surface area contributed by atoms with Gasteiger partial charge in [0.25, 0.3) is 0 Å². The Morgan fingerprint density at radius 1 is 1.13 bits per heavy atom. The molecule has 1 aromatic heterocycles. The van der Waals surface area contributed by atoms with E-state index in [0.717, 1.165) is 55.1 Å². The Kier molecular flexibility index (Phi) is 6.24. The molecule has 30 heavy (non-hydrogen) atoms. The second-order valence-corrected chi connectivity index (χ2v) is 9.12. The van der Waals surface area contributed by atoms with Crippen molar-refractivity contribution in [1.29, 1.82) is 0 Å². The Bertz CT molecular complexity index is 935. The van der Waals surface area contributed by atoms with Gasteiger partial charge in [-0.3, -0.25) is 19.2 Å². The molecule has 2 aliphatic rings. The summed E-state index contributed by atoms with van der Waals surface area (Å²) in [7, 11) is 0. The lowest BCUT2D eigenvalue weighted by Crippen LogP contribution is -2.51. The van der Waals surface area contributed by atoms with Gasteiger partial charge < -0.3 is 9.80 Å². The van der Waals surface area contributed by atoms with Gasteiger partial charge in [-0.1, -0.05) is 22.0 Å². The van der Waals surface area contributed by atoms with E-state index in [1.54, 1.807) is 4.90 Å². The molecule has 1 unspecified atom stereocenters. The van der Waals surface area contributed by atoms with Crippen LogP contribution in [0.4, 0.5) is 5.69 Å². The third-order valence-corrected chi connectivity index (χ3v) is 6.50. The Labute approximate surface area is 185 Å². The summed E-state index contributed by atoms with van der Waals surface area (Å²) < 4.78 is 2.98. The summed E-state index contributed by atoms with van der Waals surface area (Å²) in [5.41, 5.74) is 3.08. The largest absolute Gasteiger partial charge is 0.340 e. The van der Waals surface area contributed by atoms with E-state index >= 15 is 0 Å². The van der Waals surface area contributed by atoms with Crippen LogP contribution in [0.2, 0.25) is 0 Å². The predicted octanol–water partition coefficient (Wildman–Crippen LogP) is 2.46. The summed E-state index contributed by atoms with van der Waals surface area (Å²) in [6.45, 7) is 9.52. The summed E-state index contributed by atoms with van der Waals surface area (Å²) >= 11 is 3.45. The molecule has 160 valence electrons. The highest BCUT2D eigenvalue weighted by atomic mass is 79.9. The molecule has 8 heteroatoms. The molecule has 0 saturated carbocycles. The van der Waals surface area contributed by atoms with Crippen LogP contribution in [0.25, 0.3) is 0 Å². The molecule has 3 heterocycles. The maximum Gasteiger partial charge on any atom is 0.228 e. The maximum atomic E-state index is 13.0. The molecule has 1 atom stereocenters. The third kappa shape index (κ3) is 4.59. The van der Waals surface area contributed by atoms with Gasteiger partial charge in [-0.05, 0) is 38.1 Å². The molecule has 2 fully saturated rings. The predicted molar refractivity (Wildman–Crippen MR) is 119 cm³/mol. The van der Waals surface area contributed by atoms with E-state index in [-0.39, 0.29) is 17.7 Å². The molecule has 7 nitrogen and oxygen atoms in total. The summed E-state index contributed by atoms with van der Waals surface area (Å²) in [4.78, 5) is 31.6. The Morgan fingerprint density at radius 2 is 1.90 bits per heavy atom. The quantitative estimate of drug-likeness (QED) is 0.668. The summed E-state index contributed by atoms with van der Waals surface area (Å²) in [6.07, 6.45) is 0.295. The number of benzene rings is 1. The normalized spacial score (nSPS) is 20.2. The number of amides is 2. The average Bonchev–Trinajstić information content (AvgIpc) is 3.27. The number of hydrogen-bond acceptors (Lipinski definition) is 4. The highest BCUT2D eigenvalue weighted by Gasteiger charge is 2.37. The standard InChI is InChI=1S/C22H28BrN5O2/c1-16-12-17(2)28(24-16)11-8-25-6-9-26(10-7-25)22(30)18-13-21(29)27(15-18)20-5-3-4-19(23)14-20/h3-5,12,14,18H,6-11,13,15H2,1-2H3. The number of halogens is 1. The first-order valence-corrected chi connectivity index (χ1v) is 11.3. The topological polar surface area (TPSA) is 61.7 Å². The van der Waals surface area contributed by atoms with E-state index in [2.05, 4.69) is 38.9 Å². The number of piperazine rings is 1. The van der Waals surface area contributed by atoms with Crippen molar-refractivity contribution < 1.29 is 9.59 Å². The van der Waals surface area contributed by atoms with E-state index in [9.17, 15) is 9.59 Å².